The Balaban J connectivity index is 2.39. The molecule has 0 aliphatic heterocycles. The Hall–Kier alpha value is -1.93. The average molecular weight is 314 g/mol. The van der Waals surface area contributed by atoms with Crippen molar-refractivity contribution in [1.82, 2.24) is 0 Å². The molecule has 0 saturated carbocycles. The molecule has 108 valence electrons. The summed E-state index contributed by atoms with van der Waals surface area (Å²) in [6.45, 7) is 0. The summed E-state index contributed by atoms with van der Waals surface area (Å²) >= 11 is 1.13. The molecule has 0 aliphatic carbocycles. The summed E-state index contributed by atoms with van der Waals surface area (Å²) in [6.07, 6.45) is 0. The average Bonchev–Trinajstić information content (AvgIpc) is 2.95. The van der Waals surface area contributed by atoms with E-state index in [2.05, 4.69) is 4.72 Å². The van der Waals surface area contributed by atoms with E-state index >= 15 is 0 Å². The topological polar surface area (TPSA) is 90.6 Å². The van der Waals surface area contributed by atoms with Crippen LogP contribution in [-0.2, 0) is 10.0 Å². The number of nitrogens with one attached hydrogen (secondary N) is 1. The summed E-state index contributed by atoms with van der Waals surface area (Å²) in [5, 5.41) is 1.69. The normalized spacial score (nSPS) is 11.1. The first kappa shape index (κ1) is 14.5. The maximum atomic E-state index is 12.1. The highest BCUT2D eigenvalue weighted by atomic mass is 32.2. The van der Waals surface area contributed by atoms with Crippen LogP contribution in [0.1, 0.15) is 0 Å². The van der Waals surface area contributed by atoms with E-state index in [1.165, 1.54) is 32.4 Å². The zero-order valence-corrected chi connectivity index (χ0v) is 12.5. The third-order valence-corrected chi connectivity index (χ3v) is 5.32. The molecule has 0 spiro atoms. The number of ether oxygens (including phenoxy) is 2. The molecule has 1 aromatic heterocycles. The van der Waals surface area contributed by atoms with Gasteiger partial charge in [-0.1, -0.05) is 6.07 Å². The Morgan fingerprint density at radius 2 is 1.85 bits per heavy atom. The van der Waals surface area contributed by atoms with E-state index < -0.39 is 10.0 Å². The minimum absolute atomic E-state index is 0.215. The summed E-state index contributed by atoms with van der Waals surface area (Å²) in [5.41, 5.74) is 6.32. The molecule has 2 rings (SSSR count). The van der Waals surface area contributed by atoms with Crippen molar-refractivity contribution in [1.29, 1.82) is 0 Å². The van der Waals surface area contributed by atoms with Crippen LogP contribution in [0.4, 0.5) is 11.4 Å². The Kier molecular flexibility index (Phi) is 4.05. The number of hydrogen-bond acceptors (Lipinski definition) is 6. The summed E-state index contributed by atoms with van der Waals surface area (Å²) < 4.78 is 37.2. The first-order chi connectivity index (χ1) is 9.47. The van der Waals surface area contributed by atoms with Crippen LogP contribution in [0.3, 0.4) is 0 Å². The first-order valence-corrected chi connectivity index (χ1v) is 7.92. The van der Waals surface area contributed by atoms with Gasteiger partial charge < -0.3 is 15.2 Å². The fourth-order valence-electron chi connectivity index (χ4n) is 1.59. The lowest BCUT2D eigenvalue weighted by atomic mass is 10.2. The van der Waals surface area contributed by atoms with Gasteiger partial charge in [0.2, 0.25) is 0 Å². The van der Waals surface area contributed by atoms with Crippen molar-refractivity contribution in [2.45, 2.75) is 4.21 Å². The molecule has 6 nitrogen and oxygen atoms in total. The van der Waals surface area contributed by atoms with E-state index in [1.807, 2.05) is 0 Å². The molecule has 0 fully saturated rings. The van der Waals surface area contributed by atoms with Gasteiger partial charge in [0.15, 0.2) is 11.5 Å². The fraction of sp³-hybridized carbons (Fsp3) is 0.167. The lowest BCUT2D eigenvalue weighted by Gasteiger charge is -2.13. The number of sulfonamides is 1. The van der Waals surface area contributed by atoms with Crippen molar-refractivity contribution in [3.63, 3.8) is 0 Å². The van der Waals surface area contributed by atoms with Crippen molar-refractivity contribution in [3.05, 3.63) is 29.6 Å². The van der Waals surface area contributed by atoms with Crippen molar-refractivity contribution in [3.8, 4) is 11.5 Å². The van der Waals surface area contributed by atoms with E-state index in [1.54, 1.807) is 11.4 Å². The number of hydrogen-bond donors (Lipinski definition) is 2. The molecule has 0 amide bonds. The second-order valence-corrected chi connectivity index (χ2v) is 6.69. The molecular weight excluding hydrogens is 300 g/mol. The van der Waals surface area contributed by atoms with E-state index in [0.29, 0.717) is 11.5 Å². The van der Waals surface area contributed by atoms with Crippen LogP contribution in [0.25, 0.3) is 0 Å². The molecule has 0 bridgehead atoms. The zero-order valence-electron chi connectivity index (χ0n) is 10.9. The second-order valence-electron chi connectivity index (χ2n) is 3.83. The highest BCUT2D eigenvalue weighted by Gasteiger charge is 2.18. The predicted molar refractivity (Wildman–Crippen MR) is 79.1 cm³/mol. The highest BCUT2D eigenvalue weighted by molar-refractivity contribution is 7.94. The van der Waals surface area contributed by atoms with Crippen molar-refractivity contribution >= 4 is 32.7 Å². The first-order valence-electron chi connectivity index (χ1n) is 5.55. The number of methoxy groups -OCH3 is 2. The molecule has 0 atom stereocenters. The number of nitrogens with two attached hydrogens (primary N) is 1. The number of anilines is 2. The molecule has 20 heavy (non-hydrogen) atoms. The van der Waals surface area contributed by atoms with Gasteiger partial charge in [-0.2, -0.15) is 0 Å². The smallest absolute Gasteiger partial charge is 0.271 e. The van der Waals surface area contributed by atoms with Crippen LogP contribution < -0.4 is 19.9 Å². The van der Waals surface area contributed by atoms with E-state index in [4.69, 9.17) is 15.2 Å². The molecule has 1 aromatic carbocycles. The molecule has 3 N–H and O–H groups in total. The minimum atomic E-state index is -3.64. The fourth-order valence-corrected chi connectivity index (χ4v) is 3.67. The van der Waals surface area contributed by atoms with Gasteiger partial charge in [0.1, 0.15) is 4.21 Å². The predicted octanol–water partition coefficient (Wildman–Crippen LogP) is 2.15. The van der Waals surface area contributed by atoms with Gasteiger partial charge in [0.25, 0.3) is 10.0 Å². The Morgan fingerprint density at radius 3 is 2.40 bits per heavy atom. The maximum absolute atomic E-state index is 12.1. The van der Waals surface area contributed by atoms with Gasteiger partial charge in [0, 0.05) is 12.1 Å². The van der Waals surface area contributed by atoms with Crippen LogP contribution in [-0.4, -0.2) is 22.6 Å². The minimum Gasteiger partial charge on any atom is -0.493 e. The second kappa shape index (κ2) is 5.59. The van der Waals surface area contributed by atoms with Gasteiger partial charge in [-0.05, 0) is 11.4 Å². The zero-order chi connectivity index (χ0) is 14.8. The van der Waals surface area contributed by atoms with E-state index in [0.717, 1.165) is 11.3 Å². The number of rotatable bonds is 5. The van der Waals surface area contributed by atoms with Crippen molar-refractivity contribution in [2.24, 2.45) is 0 Å². The van der Waals surface area contributed by atoms with Crippen molar-refractivity contribution < 1.29 is 17.9 Å². The summed E-state index contributed by atoms with van der Waals surface area (Å²) in [5.74, 6) is 0.828. The van der Waals surface area contributed by atoms with Gasteiger partial charge in [-0.15, -0.1) is 11.3 Å². The third kappa shape index (κ3) is 2.81. The number of nitrogen functional groups attached to an aromatic ring is 1. The van der Waals surface area contributed by atoms with Gasteiger partial charge in [0.05, 0.1) is 25.6 Å². The summed E-state index contributed by atoms with van der Waals surface area (Å²) in [6, 6.07) is 6.17. The van der Waals surface area contributed by atoms with E-state index in [9.17, 15) is 8.42 Å². The maximum Gasteiger partial charge on any atom is 0.271 e. The molecule has 2 aromatic rings. The number of benzene rings is 1. The monoisotopic (exact) mass is 314 g/mol. The van der Waals surface area contributed by atoms with Crippen LogP contribution in [0, 0.1) is 0 Å². The quantitative estimate of drug-likeness (QED) is 0.825. The molecule has 0 saturated heterocycles. The Bertz CT molecular complexity index is 696. The van der Waals surface area contributed by atoms with Crippen LogP contribution in [0.15, 0.2) is 33.9 Å². The lowest BCUT2D eigenvalue weighted by molar-refractivity contribution is 0.355. The summed E-state index contributed by atoms with van der Waals surface area (Å²) in [4.78, 5) is 0. The van der Waals surface area contributed by atoms with Crippen LogP contribution in [0.2, 0.25) is 0 Å². The molecule has 0 radical (unpaired) electrons. The van der Waals surface area contributed by atoms with Crippen LogP contribution >= 0.6 is 11.3 Å². The third-order valence-electron chi connectivity index (χ3n) is 2.56. The number of thiophene rings is 1. The van der Waals surface area contributed by atoms with E-state index in [-0.39, 0.29) is 15.6 Å². The molecule has 0 aliphatic rings. The van der Waals surface area contributed by atoms with Crippen LogP contribution in [0.5, 0.6) is 11.5 Å². The summed E-state index contributed by atoms with van der Waals surface area (Å²) in [7, 11) is -0.702. The van der Waals surface area contributed by atoms with Gasteiger partial charge in [-0.25, -0.2) is 8.42 Å². The Labute approximate surface area is 121 Å². The molecule has 0 unspecified atom stereocenters. The highest BCUT2D eigenvalue weighted by Crippen LogP contribution is 2.36. The lowest BCUT2D eigenvalue weighted by Crippen LogP contribution is -2.13. The Morgan fingerprint density at radius 1 is 1.20 bits per heavy atom. The SMILES string of the molecule is COc1cc(N)c(NS(=O)(=O)c2cccs2)cc1OC. The largest absolute Gasteiger partial charge is 0.493 e. The molecule has 8 heteroatoms. The van der Waals surface area contributed by atoms with Gasteiger partial charge >= 0.3 is 0 Å². The molecular formula is C12H14N2O4S2. The molecule has 1 heterocycles. The van der Waals surface area contributed by atoms with Gasteiger partial charge in [-0.3, -0.25) is 4.72 Å². The standard InChI is InChI=1S/C12H14N2O4S2/c1-17-10-6-8(13)9(7-11(10)18-2)14-20(15,16)12-4-3-5-19-12/h3-7,14H,13H2,1-2H3. The van der Waals surface area contributed by atoms with Crippen molar-refractivity contribution in [2.75, 3.05) is 24.7 Å².